The van der Waals surface area contributed by atoms with Crippen molar-refractivity contribution in [3.63, 3.8) is 0 Å². The Bertz CT molecular complexity index is 247. The molecule has 1 rings (SSSR count). The van der Waals surface area contributed by atoms with Crippen molar-refractivity contribution < 1.29 is 26.2 Å². The first-order valence-electron chi connectivity index (χ1n) is 9.20. The van der Waals surface area contributed by atoms with Gasteiger partial charge in [0.15, 0.2) is 0 Å². The molecule has 5 heteroatoms. The molecule has 1 aromatic rings. The molecule has 1 aromatic carbocycles. The van der Waals surface area contributed by atoms with E-state index in [4.69, 9.17) is 17.2 Å². The molecule has 0 amide bonds. The van der Waals surface area contributed by atoms with Crippen LogP contribution in [0.1, 0.15) is 59.3 Å². The van der Waals surface area contributed by atoms with E-state index in [1.165, 1.54) is 0 Å². The second-order valence-electron chi connectivity index (χ2n) is 5.68. The fourth-order valence-electron chi connectivity index (χ4n) is 1.30. The predicted molar refractivity (Wildman–Crippen MR) is 113 cm³/mol. The zero-order valence-corrected chi connectivity index (χ0v) is 20.4. The Labute approximate surface area is 173 Å². The molecule has 0 fully saturated rings. The Balaban J connectivity index is -0.000000113. The average Bonchev–Trinajstić information content (AvgIpc) is 3.06. The molecule has 0 atom stereocenters. The summed E-state index contributed by atoms with van der Waals surface area (Å²) in [5, 5.41) is 1.57. The average molecular weight is 431 g/mol. The van der Waals surface area contributed by atoms with Crippen molar-refractivity contribution >= 4 is 14.0 Å². The van der Waals surface area contributed by atoms with Gasteiger partial charge >= 0.3 is 26.2 Å². The van der Waals surface area contributed by atoms with E-state index in [2.05, 4.69) is 58.1 Å². The van der Waals surface area contributed by atoms with E-state index in [9.17, 15) is 0 Å². The molecule has 140 valence electrons. The van der Waals surface area contributed by atoms with E-state index < -0.39 is 8.80 Å². The van der Waals surface area contributed by atoms with Gasteiger partial charge in [-0.25, -0.2) is 12.1 Å². The van der Waals surface area contributed by atoms with Crippen LogP contribution in [0.15, 0.2) is 24.3 Å². The minimum atomic E-state index is -0.480. The minimum Gasteiger partial charge on any atom is -0.677 e. The maximum atomic E-state index is 6.60. The van der Waals surface area contributed by atoms with Crippen LogP contribution in [0.25, 0.3) is 17.2 Å². The minimum absolute atomic E-state index is 0. The molecule has 0 radical (unpaired) electrons. The molecular weight excluding hydrogens is 390 g/mol. The molecule has 0 unspecified atom stereocenters. The smallest absolute Gasteiger partial charge is 0.677 e. The fraction of sp³-hybridized carbons (Fsp3) is 0.737. The molecule has 0 saturated carbocycles. The van der Waals surface area contributed by atoms with Crippen LogP contribution in [0.3, 0.4) is 0 Å². The first-order chi connectivity index (χ1) is 11.0. The Hall–Kier alpha value is 0.330. The summed E-state index contributed by atoms with van der Waals surface area (Å²) in [6.07, 6.45) is 6.64. The van der Waals surface area contributed by atoms with Crippen molar-refractivity contribution in [3.8, 4) is 0 Å². The van der Waals surface area contributed by atoms with Gasteiger partial charge in [0, 0.05) is 8.80 Å². The predicted octanol–water partition coefficient (Wildman–Crippen LogP) is 6.61. The van der Waals surface area contributed by atoms with E-state index in [0.29, 0.717) is 19.6 Å². The van der Waals surface area contributed by atoms with E-state index in [-0.39, 0.29) is 26.2 Å². The molecule has 0 aliphatic rings. The van der Waals surface area contributed by atoms with Crippen molar-refractivity contribution in [1.82, 2.24) is 0 Å². The van der Waals surface area contributed by atoms with Gasteiger partial charge in [-0.3, -0.25) is 0 Å². The summed E-state index contributed by atoms with van der Waals surface area (Å²) in [6, 6.07) is 8.67. The van der Waals surface area contributed by atoms with Gasteiger partial charge in [-0.2, -0.15) is 37.0 Å². The maximum Gasteiger partial charge on any atom is 4.00 e. The Morgan fingerprint density at radius 2 is 1.00 bits per heavy atom. The van der Waals surface area contributed by atoms with Gasteiger partial charge in [-0.1, -0.05) is 72.4 Å². The zero-order chi connectivity index (χ0) is 18.3. The molecule has 0 saturated heterocycles. The monoisotopic (exact) mass is 429 g/mol. The van der Waals surface area contributed by atoms with Crippen molar-refractivity contribution in [2.24, 2.45) is 0 Å². The molecule has 0 aliphatic carbocycles. The van der Waals surface area contributed by atoms with Crippen LogP contribution in [0.5, 0.6) is 0 Å². The van der Waals surface area contributed by atoms with Gasteiger partial charge in [0.2, 0.25) is 0 Å². The van der Waals surface area contributed by atoms with Gasteiger partial charge in [0.1, 0.15) is 0 Å². The molecule has 24 heavy (non-hydrogen) atoms. The van der Waals surface area contributed by atoms with E-state index >= 15 is 0 Å². The van der Waals surface area contributed by atoms with Crippen LogP contribution in [-0.4, -0.2) is 28.4 Å². The summed E-state index contributed by atoms with van der Waals surface area (Å²) in [5.41, 5.74) is 19.8. The topological polar surface area (TPSA) is 71.4 Å². The Morgan fingerprint density at radius 1 is 0.708 bits per heavy atom. The van der Waals surface area contributed by atoms with E-state index in [1.54, 1.807) is 5.19 Å². The number of hydrogen-bond donors (Lipinski definition) is 0. The molecule has 3 nitrogen and oxygen atoms in total. The van der Waals surface area contributed by atoms with Gasteiger partial charge < -0.3 is 17.2 Å². The van der Waals surface area contributed by atoms with Crippen molar-refractivity contribution in [2.75, 3.05) is 19.6 Å². The van der Waals surface area contributed by atoms with Crippen LogP contribution in [-0.2, 0) is 26.2 Å². The summed E-state index contributed by atoms with van der Waals surface area (Å²) in [5.74, 6) is 0. The van der Waals surface area contributed by atoms with Crippen LogP contribution >= 0.6 is 0 Å². The standard InChI is InChI=1S/C7H11Si.3C4H10N.Zr/c1-8(2)7-5-3-4-6-7;3*1-2-3-4-5;/h3-6,8H,1-2H3;3*5H,2-4H2,1H3;/q4*-1;+4. The number of hydrogen-bond acceptors (Lipinski definition) is 0. The second-order valence-corrected chi connectivity index (χ2v) is 8.66. The van der Waals surface area contributed by atoms with Gasteiger partial charge in [-0.15, -0.1) is 0 Å². The molecule has 3 N–H and O–H groups in total. The van der Waals surface area contributed by atoms with Gasteiger partial charge in [-0.05, 0) is 0 Å². The van der Waals surface area contributed by atoms with Gasteiger partial charge in [0.05, 0.1) is 0 Å². The SMILES string of the molecule is CCCC[NH-].CCCC[NH-].CCCC[NH-].C[SiH](C)[c-]1cccc1.[Zr+4]. The summed E-state index contributed by atoms with van der Waals surface area (Å²) in [7, 11) is -0.480. The first kappa shape index (κ1) is 32.0. The summed E-state index contributed by atoms with van der Waals surface area (Å²) >= 11 is 0. The molecule has 0 heterocycles. The first-order valence-corrected chi connectivity index (χ1v) is 12.1. The third kappa shape index (κ3) is 33.8. The summed E-state index contributed by atoms with van der Waals surface area (Å²) in [4.78, 5) is 0. The van der Waals surface area contributed by atoms with Crippen LogP contribution in [0.2, 0.25) is 13.1 Å². The molecule has 0 spiro atoms. The quantitative estimate of drug-likeness (QED) is 0.345. The molecule has 0 aromatic heterocycles. The molecule has 0 aliphatic heterocycles. The third-order valence-electron chi connectivity index (χ3n) is 2.95. The summed E-state index contributed by atoms with van der Waals surface area (Å²) in [6.45, 7) is 12.7. The largest absolute Gasteiger partial charge is 4.00 e. The zero-order valence-electron chi connectivity index (χ0n) is 16.8. The second kappa shape index (κ2) is 31.1. The number of rotatable bonds is 7. The van der Waals surface area contributed by atoms with Crippen molar-refractivity contribution in [1.29, 1.82) is 0 Å². The molecule has 0 bridgehead atoms. The van der Waals surface area contributed by atoms with Crippen molar-refractivity contribution in [2.45, 2.75) is 72.4 Å². The fourth-order valence-corrected chi connectivity index (χ4v) is 2.30. The van der Waals surface area contributed by atoms with Crippen LogP contribution < -0.4 is 5.19 Å². The number of unbranched alkanes of at least 4 members (excludes halogenated alkanes) is 3. The Morgan fingerprint density at radius 3 is 1.08 bits per heavy atom. The third-order valence-corrected chi connectivity index (χ3v) is 4.66. The Kier molecular flexibility index (Phi) is 41.6. The van der Waals surface area contributed by atoms with Crippen LogP contribution in [0, 0.1) is 0 Å². The van der Waals surface area contributed by atoms with Gasteiger partial charge in [0.25, 0.3) is 0 Å². The number of nitrogens with one attached hydrogen (secondary N) is 3. The van der Waals surface area contributed by atoms with Crippen molar-refractivity contribution in [3.05, 3.63) is 41.5 Å². The summed E-state index contributed by atoms with van der Waals surface area (Å²) < 4.78 is 0. The van der Waals surface area contributed by atoms with E-state index in [0.717, 1.165) is 38.5 Å². The van der Waals surface area contributed by atoms with E-state index in [1.807, 2.05) is 0 Å². The molecular formula is C19H41N3SiZr. The maximum absolute atomic E-state index is 6.60. The normalized spacial score (nSPS) is 8.71. The van der Waals surface area contributed by atoms with Crippen LogP contribution in [0.4, 0.5) is 0 Å².